The van der Waals surface area contributed by atoms with E-state index in [1.165, 1.54) is 0 Å². The van der Waals surface area contributed by atoms with Crippen molar-refractivity contribution < 1.29 is 14.1 Å². The Bertz CT molecular complexity index is 708. The fourth-order valence-electron chi connectivity index (χ4n) is 2.76. The van der Waals surface area contributed by atoms with Gasteiger partial charge in [0.1, 0.15) is 17.5 Å². The molecule has 0 aliphatic carbocycles. The predicted octanol–water partition coefficient (Wildman–Crippen LogP) is 2.37. The number of nitrogens with zero attached hydrogens (tertiary/aromatic N) is 4. The van der Waals surface area contributed by atoms with Gasteiger partial charge in [-0.05, 0) is 13.8 Å². The second-order valence-electron chi connectivity index (χ2n) is 5.78. The third-order valence-electron chi connectivity index (χ3n) is 4.19. The van der Waals surface area contributed by atoms with E-state index >= 15 is 0 Å². The normalized spacial score (nSPS) is 18.0. The molecule has 3 rings (SSSR count). The van der Waals surface area contributed by atoms with Crippen LogP contribution in [0.25, 0.3) is 0 Å². The summed E-state index contributed by atoms with van der Waals surface area (Å²) in [4.78, 5) is 14.3. The number of hydrogen-bond donors (Lipinski definition) is 1. The van der Waals surface area contributed by atoms with E-state index in [1.807, 2.05) is 31.6 Å². The zero-order valence-electron chi connectivity index (χ0n) is 14.3. The molecule has 2 amide bonds. The number of urea groups is 1. The summed E-state index contributed by atoms with van der Waals surface area (Å²) in [5, 5.41) is 11.1. The number of ether oxygens (including phenoxy) is 1. The first-order chi connectivity index (χ1) is 11.6. The molecule has 8 heteroatoms. The zero-order valence-corrected chi connectivity index (χ0v) is 14.3. The second kappa shape index (κ2) is 7.04. The number of carbonyl (C=O) groups is 1. The van der Waals surface area contributed by atoms with Gasteiger partial charge in [0.2, 0.25) is 0 Å². The van der Waals surface area contributed by atoms with Crippen LogP contribution in [-0.4, -0.2) is 45.6 Å². The first-order valence-electron chi connectivity index (χ1n) is 8.27. The van der Waals surface area contributed by atoms with Crippen LogP contribution in [-0.2, 0) is 17.7 Å². The SMILES string of the molecule is CCc1onc(C)c1NC(=O)N1CCOC(c2cnn(CC)c2)C1. The number of carbonyl (C=O) groups excluding carboxylic acids is 1. The van der Waals surface area contributed by atoms with Crippen LogP contribution in [0.2, 0.25) is 0 Å². The summed E-state index contributed by atoms with van der Waals surface area (Å²) in [6, 6.07) is -0.160. The fraction of sp³-hybridized carbons (Fsp3) is 0.562. The van der Waals surface area contributed by atoms with Crippen molar-refractivity contribution in [3.63, 3.8) is 0 Å². The highest BCUT2D eigenvalue weighted by Gasteiger charge is 2.27. The standard InChI is InChI=1S/C16H23N5O3/c1-4-13-15(11(3)19-24-13)18-16(22)20-6-7-23-14(10-20)12-8-17-21(5-2)9-12/h8-9,14H,4-7,10H2,1-3H3,(H,18,22). The van der Waals surface area contributed by atoms with Gasteiger partial charge in [0.05, 0.1) is 19.3 Å². The van der Waals surface area contributed by atoms with Crippen molar-refractivity contribution in [3.8, 4) is 0 Å². The summed E-state index contributed by atoms with van der Waals surface area (Å²) in [5.41, 5.74) is 2.35. The maximum Gasteiger partial charge on any atom is 0.322 e. The Labute approximate surface area is 140 Å². The first-order valence-corrected chi connectivity index (χ1v) is 8.27. The highest BCUT2D eigenvalue weighted by atomic mass is 16.5. The van der Waals surface area contributed by atoms with E-state index < -0.39 is 0 Å². The number of nitrogens with one attached hydrogen (secondary N) is 1. The lowest BCUT2D eigenvalue weighted by atomic mass is 10.1. The van der Waals surface area contributed by atoms with Crippen molar-refractivity contribution >= 4 is 11.7 Å². The van der Waals surface area contributed by atoms with Crippen LogP contribution in [0.4, 0.5) is 10.5 Å². The molecule has 1 unspecified atom stereocenters. The Balaban J connectivity index is 1.67. The van der Waals surface area contributed by atoms with Crippen molar-refractivity contribution in [1.82, 2.24) is 19.8 Å². The number of aryl methyl sites for hydroxylation is 3. The molecule has 8 nitrogen and oxygen atoms in total. The molecule has 1 atom stereocenters. The maximum atomic E-state index is 12.6. The molecule has 2 aromatic rings. The zero-order chi connectivity index (χ0) is 17.1. The van der Waals surface area contributed by atoms with E-state index in [2.05, 4.69) is 15.6 Å². The number of morpholine rings is 1. The molecule has 2 aromatic heterocycles. The number of hydrogen-bond acceptors (Lipinski definition) is 5. The molecular weight excluding hydrogens is 310 g/mol. The van der Waals surface area contributed by atoms with Crippen molar-refractivity contribution in [1.29, 1.82) is 0 Å². The molecule has 0 radical (unpaired) electrons. The molecule has 0 aromatic carbocycles. The maximum absolute atomic E-state index is 12.6. The van der Waals surface area contributed by atoms with Crippen LogP contribution in [0, 0.1) is 6.92 Å². The van der Waals surface area contributed by atoms with E-state index in [4.69, 9.17) is 9.26 Å². The number of rotatable bonds is 4. The second-order valence-corrected chi connectivity index (χ2v) is 5.78. The van der Waals surface area contributed by atoms with Gasteiger partial charge in [0.25, 0.3) is 0 Å². The average molecular weight is 333 g/mol. The Hall–Kier alpha value is -2.35. The summed E-state index contributed by atoms with van der Waals surface area (Å²) in [6.07, 6.45) is 4.29. The van der Waals surface area contributed by atoms with Crippen molar-refractivity contribution in [2.45, 2.75) is 39.8 Å². The van der Waals surface area contributed by atoms with Gasteiger partial charge < -0.3 is 19.5 Å². The van der Waals surface area contributed by atoms with Gasteiger partial charge in [-0.15, -0.1) is 0 Å². The quantitative estimate of drug-likeness (QED) is 0.928. The molecule has 130 valence electrons. The lowest BCUT2D eigenvalue weighted by Crippen LogP contribution is -2.44. The summed E-state index contributed by atoms with van der Waals surface area (Å²) in [5.74, 6) is 0.690. The van der Waals surface area contributed by atoms with Crippen molar-refractivity contribution in [3.05, 3.63) is 29.4 Å². The third-order valence-corrected chi connectivity index (χ3v) is 4.19. The minimum absolute atomic E-state index is 0.154. The van der Waals surface area contributed by atoms with Gasteiger partial charge in [-0.3, -0.25) is 4.68 Å². The molecule has 0 saturated carbocycles. The molecule has 0 spiro atoms. The van der Waals surface area contributed by atoms with E-state index in [0.717, 1.165) is 12.1 Å². The molecule has 1 aliphatic rings. The van der Waals surface area contributed by atoms with Gasteiger partial charge in [0.15, 0.2) is 5.76 Å². The van der Waals surface area contributed by atoms with Crippen LogP contribution < -0.4 is 5.32 Å². The van der Waals surface area contributed by atoms with Crippen LogP contribution in [0.15, 0.2) is 16.9 Å². The van der Waals surface area contributed by atoms with E-state index in [-0.39, 0.29) is 12.1 Å². The van der Waals surface area contributed by atoms with Crippen molar-refractivity contribution in [2.24, 2.45) is 0 Å². The Morgan fingerprint density at radius 3 is 3.00 bits per heavy atom. The molecule has 1 N–H and O–H groups in total. The monoisotopic (exact) mass is 333 g/mol. The van der Waals surface area contributed by atoms with Crippen molar-refractivity contribution in [2.75, 3.05) is 25.0 Å². The molecule has 1 fully saturated rings. The van der Waals surface area contributed by atoms with Crippen LogP contribution in [0.5, 0.6) is 0 Å². The molecule has 24 heavy (non-hydrogen) atoms. The lowest BCUT2D eigenvalue weighted by molar-refractivity contribution is -0.0135. The fourth-order valence-corrected chi connectivity index (χ4v) is 2.76. The largest absolute Gasteiger partial charge is 0.370 e. The summed E-state index contributed by atoms with van der Waals surface area (Å²) in [6.45, 7) is 8.17. The number of anilines is 1. The van der Waals surface area contributed by atoms with Gasteiger partial charge >= 0.3 is 6.03 Å². The molecule has 0 bridgehead atoms. The number of aromatic nitrogens is 3. The highest BCUT2D eigenvalue weighted by molar-refractivity contribution is 5.90. The van der Waals surface area contributed by atoms with E-state index in [0.29, 0.717) is 43.3 Å². The summed E-state index contributed by atoms with van der Waals surface area (Å²) >= 11 is 0. The molecule has 1 saturated heterocycles. The van der Waals surface area contributed by atoms with Crippen LogP contribution in [0.1, 0.15) is 37.0 Å². The Morgan fingerprint density at radius 2 is 2.29 bits per heavy atom. The first kappa shape index (κ1) is 16.5. The molecule has 3 heterocycles. The smallest absolute Gasteiger partial charge is 0.322 e. The third kappa shape index (κ3) is 3.28. The van der Waals surface area contributed by atoms with Gasteiger partial charge in [-0.1, -0.05) is 12.1 Å². The summed E-state index contributed by atoms with van der Waals surface area (Å²) < 4.78 is 12.9. The topological polar surface area (TPSA) is 85.4 Å². The van der Waals surface area contributed by atoms with Gasteiger partial charge in [0, 0.05) is 31.3 Å². The van der Waals surface area contributed by atoms with Gasteiger partial charge in [-0.25, -0.2) is 4.79 Å². The van der Waals surface area contributed by atoms with Crippen LogP contribution in [0.3, 0.4) is 0 Å². The summed E-state index contributed by atoms with van der Waals surface area (Å²) in [7, 11) is 0. The minimum Gasteiger partial charge on any atom is -0.370 e. The van der Waals surface area contributed by atoms with E-state index in [9.17, 15) is 4.79 Å². The molecule has 1 aliphatic heterocycles. The number of amides is 2. The highest BCUT2D eigenvalue weighted by Crippen LogP contribution is 2.24. The lowest BCUT2D eigenvalue weighted by Gasteiger charge is -2.32. The minimum atomic E-state index is -0.160. The predicted molar refractivity (Wildman–Crippen MR) is 87.8 cm³/mol. The van der Waals surface area contributed by atoms with E-state index in [1.54, 1.807) is 11.1 Å². The van der Waals surface area contributed by atoms with Gasteiger partial charge in [-0.2, -0.15) is 5.10 Å². The van der Waals surface area contributed by atoms with Crippen LogP contribution >= 0.6 is 0 Å². The Kier molecular flexibility index (Phi) is 4.84. The average Bonchev–Trinajstić information content (AvgIpc) is 3.22. The Morgan fingerprint density at radius 1 is 1.46 bits per heavy atom. The molecular formula is C16H23N5O3.